The number of halogens is 2. The van der Waals surface area contributed by atoms with Gasteiger partial charge in [0.05, 0.1) is 6.61 Å². The molecule has 0 radical (unpaired) electrons. The lowest BCUT2D eigenvalue weighted by molar-refractivity contribution is 0.0525. The number of ether oxygens (including phenoxy) is 2. The lowest BCUT2D eigenvalue weighted by Crippen LogP contribution is -2.33. The number of benzene rings is 1. The van der Waals surface area contributed by atoms with Crippen LogP contribution in [0.2, 0.25) is 5.02 Å². The summed E-state index contributed by atoms with van der Waals surface area (Å²) in [5.74, 6) is 0.735. The van der Waals surface area contributed by atoms with Crippen LogP contribution in [0.3, 0.4) is 0 Å². The lowest BCUT2D eigenvalue weighted by atomic mass is 10.2. The van der Waals surface area contributed by atoms with Gasteiger partial charge in [0, 0.05) is 15.1 Å². The quantitative estimate of drug-likeness (QED) is 0.582. The van der Waals surface area contributed by atoms with Crippen molar-refractivity contribution in [1.82, 2.24) is 5.32 Å². The molecule has 1 aromatic rings. The molecule has 6 heteroatoms. The van der Waals surface area contributed by atoms with E-state index in [9.17, 15) is 4.79 Å². The Labute approximate surface area is 138 Å². The first kappa shape index (κ1) is 17.4. The Balaban J connectivity index is 2.20. The lowest BCUT2D eigenvalue weighted by Gasteiger charge is -2.19. The van der Waals surface area contributed by atoms with Crippen molar-refractivity contribution in [3.8, 4) is 5.75 Å². The highest BCUT2D eigenvalue weighted by Gasteiger charge is 2.15. The molecular formula is C14H19ClINO3. The van der Waals surface area contributed by atoms with E-state index in [-0.39, 0.29) is 0 Å². The van der Waals surface area contributed by atoms with Crippen molar-refractivity contribution in [3.05, 3.63) is 26.8 Å². The van der Waals surface area contributed by atoms with Crippen LogP contribution in [0.1, 0.15) is 27.2 Å². The van der Waals surface area contributed by atoms with Gasteiger partial charge < -0.3 is 14.8 Å². The number of rotatable bonds is 5. The normalized spacial score (nSPS) is 11.1. The van der Waals surface area contributed by atoms with Crippen molar-refractivity contribution < 1.29 is 14.3 Å². The summed E-state index contributed by atoms with van der Waals surface area (Å²) in [7, 11) is 0. The van der Waals surface area contributed by atoms with Crippen LogP contribution >= 0.6 is 34.2 Å². The first-order valence-corrected chi connectivity index (χ1v) is 7.78. The SMILES string of the molecule is CC(C)(C)OC(=O)NCCCOc1cc(Cl)cc(I)c1. The number of alkyl carbamates (subject to hydrolysis) is 1. The Morgan fingerprint density at radius 2 is 2.05 bits per heavy atom. The van der Waals surface area contributed by atoms with Crippen molar-refractivity contribution in [2.45, 2.75) is 32.8 Å². The van der Waals surface area contributed by atoms with Crippen LogP contribution in [0.15, 0.2) is 18.2 Å². The van der Waals surface area contributed by atoms with Gasteiger partial charge in [-0.25, -0.2) is 4.79 Å². The Hall–Kier alpha value is -0.690. The van der Waals surface area contributed by atoms with Crippen LogP contribution in [-0.4, -0.2) is 24.8 Å². The standard InChI is InChI=1S/C14H19ClINO3/c1-14(2,3)20-13(18)17-5-4-6-19-12-8-10(15)7-11(16)9-12/h7-9H,4-6H2,1-3H3,(H,17,18). The Bertz CT molecular complexity index is 440. The fourth-order valence-corrected chi connectivity index (χ4v) is 2.43. The summed E-state index contributed by atoms with van der Waals surface area (Å²) >= 11 is 8.12. The molecule has 0 aliphatic heterocycles. The molecule has 0 spiro atoms. The molecule has 0 aliphatic carbocycles. The maximum absolute atomic E-state index is 11.4. The van der Waals surface area contributed by atoms with E-state index in [2.05, 4.69) is 27.9 Å². The first-order chi connectivity index (χ1) is 9.26. The van der Waals surface area contributed by atoms with Crippen molar-refractivity contribution >= 4 is 40.3 Å². The van der Waals surface area contributed by atoms with Crippen LogP contribution in [0, 0.1) is 3.57 Å². The average molecular weight is 412 g/mol. The number of carbonyl (C=O) groups excluding carboxylic acids is 1. The maximum Gasteiger partial charge on any atom is 0.407 e. The Morgan fingerprint density at radius 1 is 1.35 bits per heavy atom. The molecule has 0 fully saturated rings. The Kier molecular flexibility index (Phi) is 6.88. The van der Waals surface area contributed by atoms with Gasteiger partial charge in [0.25, 0.3) is 0 Å². The minimum Gasteiger partial charge on any atom is -0.493 e. The van der Waals surface area contributed by atoms with Crippen LogP contribution in [0.4, 0.5) is 4.79 Å². The van der Waals surface area contributed by atoms with Gasteiger partial charge in [0.2, 0.25) is 0 Å². The number of carbonyl (C=O) groups is 1. The largest absolute Gasteiger partial charge is 0.493 e. The second-order valence-electron chi connectivity index (χ2n) is 5.24. The summed E-state index contributed by atoms with van der Waals surface area (Å²) in [6.45, 7) is 6.50. The molecule has 0 saturated carbocycles. The highest BCUT2D eigenvalue weighted by molar-refractivity contribution is 14.1. The van der Waals surface area contributed by atoms with Gasteiger partial charge in [-0.2, -0.15) is 0 Å². The maximum atomic E-state index is 11.4. The molecule has 0 heterocycles. The zero-order valence-corrected chi connectivity index (χ0v) is 14.7. The zero-order valence-electron chi connectivity index (χ0n) is 11.8. The van der Waals surface area contributed by atoms with Gasteiger partial charge in [-0.1, -0.05) is 11.6 Å². The summed E-state index contributed by atoms with van der Waals surface area (Å²) in [6, 6.07) is 5.54. The van der Waals surface area contributed by atoms with Crippen LogP contribution in [0.5, 0.6) is 5.75 Å². The predicted octanol–water partition coefficient (Wildman–Crippen LogP) is 4.24. The molecule has 0 atom stereocenters. The van der Waals surface area contributed by atoms with Crippen LogP contribution < -0.4 is 10.1 Å². The van der Waals surface area contributed by atoms with Crippen molar-refractivity contribution in [3.63, 3.8) is 0 Å². The first-order valence-electron chi connectivity index (χ1n) is 6.32. The molecule has 0 aromatic heterocycles. The van der Waals surface area contributed by atoms with Crippen molar-refractivity contribution in [1.29, 1.82) is 0 Å². The highest BCUT2D eigenvalue weighted by Crippen LogP contribution is 2.22. The molecule has 1 rings (SSSR count). The zero-order chi connectivity index (χ0) is 15.2. The number of hydrogen-bond acceptors (Lipinski definition) is 3. The van der Waals surface area contributed by atoms with Gasteiger partial charge in [-0.15, -0.1) is 0 Å². The number of hydrogen-bond donors (Lipinski definition) is 1. The van der Waals surface area contributed by atoms with Gasteiger partial charge >= 0.3 is 6.09 Å². The molecule has 1 N–H and O–H groups in total. The summed E-state index contributed by atoms with van der Waals surface area (Å²) in [6.07, 6.45) is 0.289. The van der Waals surface area contributed by atoms with Crippen molar-refractivity contribution in [2.75, 3.05) is 13.2 Å². The second kappa shape index (κ2) is 7.93. The van der Waals surface area contributed by atoms with Gasteiger partial charge in [-0.3, -0.25) is 0 Å². The molecular weight excluding hydrogens is 393 g/mol. The van der Waals surface area contributed by atoms with Crippen LogP contribution in [-0.2, 0) is 4.74 Å². The minimum absolute atomic E-state index is 0.408. The van der Waals surface area contributed by atoms with Crippen molar-refractivity contribution in [2.24, 2.45) is 0 Å². The molecule has 1 amide bonds. The Morgan fingerprint density at radius 3 is 2.65 bits per heavy atom. The van der Waals surface area contributed by atoms with Crippen LogP contribution in [0.25, 0.3) is 0 Å². The molecule has 0 saturated heterocycles. The van der Waals surface area contributed by atoms with Gasteiger partial charge in [0.15, 0.2) is 0 Å². The molecule has 1 aromatic carbocycles. The highest BCUT2D eigenvalue weighted by atomic mass is 127. The smallest absolute Gasteiger partial charge is 0.407 e. The fraction of sp³-hybridized carbons (Fsp3) is 0.500. The monoisotopic (exact) mass is 411 g/mol. The number of nitrogens with one attached hydrogen (secondary N) is 1. The molecule has 4 nitrogen and oxygen atoms in total. The summed E-state index contributed by atoms with van der Waals surface area (Å²) < 4.78 is 11.7. The molecule has 0 aliphatic rings. The summed E-state index contributed by atoms with van der Waals surface area (Å²) in [5.41, 5.74) is -0.474. The number of amides is 1. The van der Waals surface area contributed by atoms with Gasteiger partial charge in [-0.05, 0) is 68.0 Å². The third-order valence-electron chi connectivity index (χ3n) is 2.09. The van der Waals surface area contributed by atoms with E-state index < -0.39 is 11.7 Å². The van der Waals surface area contributed by atoms with Gasteiger partial charge in [0.1, 0.15) is 11.4 Å². The van der Waals surface area contributed by atoms with E-state index >= 15 is 0 Å². The molecule has 0 bridgehead atoms. The van der Waals surface area contributed by atoms with E-state index in [1.807, 2.05) is 32.9 Å². The van der Waals surface area contributed by atoms with E-state index in [1.165, 1.54) is 0 Å². The van der Waals surface area contributed by atoms with E-state index in [0.29, 0.717) is 24.6 Å². The summed E-state index contributed by atoms with van der Waals surface area (Å²) in [4.78, 5) is 11.4. The topological polar surface area (TPSA) is 47.6 Å². The second-order valence-corrected chi connectivity index (χ2v) is 6.92. The predicted molar refractivity (Wildman–Crippen MR) is 88.5 cm³/mol. The third kappa shape index (κ3) is 7.79. The van der Waals surface area contributed by atoms with E-state index in [1.54, 1.807) is 6.07 Å². The molecule has 112 valence electrons. The summed E-state index contributed by atoms with van der Waals surface area (Å²) in [5, 5.41) is 3.33. The fourth-order valence-electron chi connectivity index (χ4n) is 1.38. The van der Waals surface area contributed by atoms with E-state index in [0.717, 1.165) is 9.32 Å². The molecule has 0 unspecified atom stereocenters. The molecule has 20 heavy (non-hydrogen) atoms. The average Bonchev–Trinajstić information content (AvgIpc) is 2.24. The minimum atomic E-state index is -0.474. The third-order valence-corrected chi connectivity index (χ3v) is 2.94. The van der Waals surface area contributed by atoms with E-state index in [4.69, 9.17) is 21.1 Å².